The summed E-state index contributed by atoms with van der Waals surface area (Å²) >= 11 is 0. The zero-order valence-corrected chi connectivity index (χ0v) is 13.3. The lowest BCUT2D eigenvalue weighted by Gasteiger charge is -2.10. The van der Waals surface area contributed by atoms with Gasteiger partial charge in [-0.15, -0.1) is 0 Å². The quantitative estimate of drug-likeness (QED) is 0.860. The largest absolute Gasteiger partial charge is 0.366 e. The number of rotatable bonds is 6. The Balaban J connectivity index is 1.99. The van der Waals surface area contributed by atoms with Crippen molar-refractivity contribution in [3.8, 4) is 0 Å². The molecule has 2 aromatic rings. The van der Waals surface area contributed by atoms with E-state index in [4.69, 9.17) is 0 Å². The number of hydrogen-bond donors (Lipinski definition) is 2. The number of aryl methyl sites for hydroxylation is 1. The van der Waals surface area contributed by atoms with Gasteiger partial charge in [-0.25, -0.2) is 9.97 Å². The van der Waals surface area contributed by atoms with Crippen LogP contribution in [0.1, 0.15) is 35.5 Å². The number of carbonyl (C=O) groups excluding carboxylic acids is 1. The molecule has 0 unspecified atom stereocenters. The van der Waals surface area contributed by atoms with Gasteiger partial charge in [0.15, 0.2) is 0 Å². The maximum absolute atomic E-state index is 12.0. The molecule has 2 N–H and O–H groups in total. The van der Waals surface area contributed by atoms with E-state index >= 15 is 0 Å². The van der Waals surface area contributed by atoms with Crippen LogP contribution in [0.3, 0.4) is 0 Å². The standard InChI is InChI=1S/C17H22N4O/c1-12(2)9-19-17(22)15-8-16(21-11-20-15)18-10-14-7-5-4-6-13(14)3/h4-8,11-12H,9-10H2,1-3H3,(H,19,22)(H,18,20,21). The molecule has 0 aliphatic carbocycles. The van der Waals surface area contributed by atoms with Gasteiger partial charge in [0.05, 0.1) is 0 Å². The highest BCUT2D eigenvalue weighted by molar-refractivity contribution is 5.92. The van der Waals surface area contributed by atoms with Gasteiger partial charge >= 0.3 is 0 Å². The van der Waals surface area contributed by atoms with Crippen LogP contribution in [0.25, 0.3) is 0 Å². The highest BCUT2D eigenvalue weighted by Crippen LogP contribution is 2.10. The van der Waals surface area contributed by atoms with Gasteiger partial charge in [0, 0.05) is 19.2 Å². The zero-order valence-electron chi connectivity index (χ0n) is 13.3. The summed E-state index contributed by atoms with van der Waals surface area (Å²) in [6.45, 7) is 7.47. The van der Waals surface area contributed by atoms with Gasteiger partial charge < -0.3 is 10.6 Å². The second kappa shape index (κ2) is 7.54. The van der Waals surface area contributed by atoms with Gasteiger partial charge in [0.2, 0.25) is 0 Å². The van der Waals surface area contributed by atoms with Crippen molar-refractivity contribution in [2.45, 2.75) is 27.3 Å². The van der Waals surface area contributed by atoms with E-state index in [2.05, 4.69) is 53.5 Å². The van der Waals surface area contributed by atoms with Crippen molar-refractivity contribution in [1.82, 2.24) is 15.3 Å². The highest BCUT2D eigenvalue weighted by atomic mass is 16.1. The smallest absolute Gasteiger partial charge is 0.270 e. The summed E-state index contributed by atoms with van der Waals surface area (Å²) in [4.78, 5) is 20.2. The van der Waals surface area contributed by atoms with E-state index in [9.17, 15) is 4.79 Å². The first-order valence-corrected chi connectivity index (χ1v) is 7.45. The Morgan fingerprint density at radius 3 is 2.73 bits per heavy atom. The predicted molar refractivity (Wildman–Crippen MR) is 87.7 cm³/mol. The minimum Gasteiger partial charge on any atom is -0.366 e. The lowest BCUT2D eigenvalue weighted by Crippen LogP contribution is -2.28. The van der Waals surface area contributed by atoms with E-state index in [0.717, 1.165) is 0 Å². The van der Waals surface area contributed by atoms with Crippen LogP contribution in [0, 0.1) is 12.8 Å². The van der Waals surface area contributed by atoms with Gasteiger partial charge in [-0.3, -0.25) is 4.79 Å². The zero-order chi connectivity index (χ0) is 15.9. The van der Waals surface area contributed by atoms with E-state index in [1.165, 1.54) is 17.5 Å². The van der Waals surface area contributed by atoms with E-state index < -0.39 is 0 Å². The second-order valence-corrected chi connectivity index (χ2v) is 5.67. The van der Waals surface area contributed by atoms with Crippen LogP contribution in [0.4, 0.5) is 5.82 Å². The third-order valence-corrected chi connectivity index (χ3v) is 3.29. The van der Waals surface area contributed by atoms with Crippen LogP contribution in [0.5, 0.6) is 0 Å². The summed E-state index contributed by atoms with van der Waals surface area (Å²) in [5.74, 6) is 0.882. The molecule has 0 saturated carbocycles. The molecule has 0 radical (unpaired) electrons. The molecule has 0 aliphatic rings. The number of nitrogens with one attached hydrogen (secondary N) is 2. The number of hydrogen-bond acceptors (Lipinski definition) is 4. The minimum atomic E-state index is -0.171. The van der Waals surface area contributed by atoms with E-state index in [1.807, 2.05) is 12.1 Å². The van der Waals surface area contributed by atoms with Crippen LogP contribution in [-0.2, 0) is 6.54 Å². The molecular formula is C17H22N4O. The monoisotopic (exact) mass is 298 g/mol. The normalized spacial score (nSPS) is 10.5. The molecule has 1 amide bonds. The highest BCUT2D eigenvalue weighted by Gasteiger charge is 2.09. The number of carbonyl (C=O) groups is 1. The molecule has 0 spiro atoms. The summed E-state index contributed by atoms with van der Waals surface area (Å²) in [7, 11) is 0. The second-order valence-electron chi connectivity index (χ2n) is 5.67. The van der Waals surface area contributed by atoms with Crippen molar-refractivity contribution in [1.29, 1.82) is 0 Å². The Kier molecular flexibility index (Phi) is 5.47. The molecule has 0 aliphatic heterocycles. The molecule has 1 aromatic carbocycles. The lowest BCUT2D eigenvalue weighted by atomic mass is 10.1. The average molecular weight is 298 g/mol. The molecular weight excluding hydrogens is 276 g/mol. The van der Waals surface area contributed by atoms with E-state index in [0.29, 0.717) is 30.5 Å². The molecule has 5 heteroatoms. The summed E-state index contributed by atoms with van der Waals surface area (Å²) in [5.41, 5.74) is 2.80. The van der Waals surface area contributed by atoms with Gasteiger partial charge in [-0.2, -0.15) is 0 Å². The third kappa shape index (κ3) is 4.55. The molecule has 0 saturated heterocycles. The first kappa shape index (κ1) is 15.9. The molecule has 22 heavy (non-hydrogen) atoms. The maximum atomic E-state index is 12.0. The first-order chi connectivity index (χ1) is 10.6. The van der Waals surface area contributed by atoms with Crippen LogP contribution in [-0.4, -0.2) is 22.4 Å². The number of anilines is 1. The SMILES string of the molecule is Cc1ccccc1CNc1cc(C(=O)NCC(C)C)ncn1. The number of amides is 1. The van der Waals surface area contributed by atoms with Crippen molar-refractivity contribution in [3.63, 3.8) is 0 Å². The van der Waals surface area contributed by atoms with Gasteiger partial charge in [0.25, 0.3) is 5.91 Å². The number of benzene rings is 1. The third-order valence-electron chi connectivity index (χ3n) is 3.29. The van der Waals surface area contributed by atoms with Gasteiger partial charge in [-0.05, 0) is 24.0 Å². The van der Waals surface area contributed by atoms with Crippen molar-refractivity contribution in [2.75, 3.05) is 11.9 Å². The molecule has 5 nitrogen and oxygen atoms in total. The fourth-order valence-electron chi connectivity index (χ4n) is 1.96. The molecule has 1 aromatic heterocycles. The van der Waals surface area contributed by atoms with Crippen molar-refractivity contribution < 1.29 is 4.79 Å². The van der Waals surface area contributed by atoms with Crippen LogP contribution in [0.15, 0.2) is 36.7 Å². The molecule has 0 bridgehead atoms. The Bertz CT molecular complexity index is 640. The molecule has 1 heterocycles. The van der Waals surface area contributed by atoms with Crippen LogP contribution < -0.4 is 10.6 Å². The Hall–Kier alpha value is -2.43. The topological polar surface area (TPSA) is 66.9 Å². The predicted octanol–water partition coefficient (Wildman–Crippen LogP) is 2.78. The average Bonchev–Trinajstić information content (AvgIpc) is 2.52. The molecule has 116 valence electrons. The van der Waals surface area contributed by atoms with Gasteiger partial charge in [-0.1, -0.05) is 38.1 Å². The molecule has 0 fully saturated rings. The summed E-state index contributed by atoms with van der Waals surface area (Å²) in [6, 6.07) is 9.84. The number of nitrogens with zero attached hydrogens (tertiary/aromatic N) is 2. The molecule has 0 atom stereocenters. The Morgan fingerprint density at radius 2 is 2.00 bits per heavy atom. The van der Waals surface area contributed by atoms with E-state index in [1.54, 1.807) is 6.07 Å². The van der Waals surface area contributed by atoms with Crippen molar-refractivity contribution in [2.24, 2.45) is 5.92 Å². The Labute approximate surface area is 131 Å². The summed E-state index contributed by atoms with van der Waals surface area (Å²) < 4.78 is 0. The number of aromatic nitrogens is 2. The van der Waals surface area contributed by atoms with Crippen LogP contribution in [0.2, 0.25) is 0 Å². The first-order valence-electron chi connectivity index (χ1n) is 7.45. The fraction of sp³-hybridized carbons (Fsp3) is 0.353. The Morgan fingerprint density at radius 1 is 1.23 bits per heavy atom. The fourth-order valence-corrected chi connectivity index (χ4v) is 1.96. The van der Waals surface area contributed by atoms with Gasteiger partial charge in [0.1, 0.15) is 17.8 Å². The van der Waals surface area contributed by atoms with Crippen LogP contribution >= 0.6 is 0 Å². The van der Waals surface area contributed by atoms with Crippen molar-refractivity contribution in [3.05, 3.63) is 53.5 Å². The maximum Gasteiger partial charge on any atom is 0.270 e. The van der Waals surface area contributed by atoms with Crippen molar-refractivity contribution >= 4 is 11.7 Å². The minimum absolute atomic E-state index is 0.171. The summed E-state index contributed by atoms with van der Waals surface area (Å²) in [6.07, 6.45) is 1.41. The van der Waals surface area contributed by atoms with E-state index in [-0.39, 0.29) is 5.91 Å². The molecule has 2 rings (SSSR count). The lowest BCUT2D eigenvalue weighted by molar-refractivity contribution is 0.0944. The summed E-state index contributed by atoms with van der Waals surface area (Å²) in [5, 5.41) is 6.08.